The Balaban J connectivity index is 2.06. The predicted octanol–water partition coefficient (Wildman–Crippen LogP) is 4.33. The number of hydrogen-bond acceptors (Lipinski definition) is 2. The third-order valence-electron chi connectivity index (χ3n) is 2.64. The van der Waals surface area contributed by atoms with Crippen molar-refractivity contribution in [3.8, 4) is 0 Å². The molecule has 0 aliphatic rings. The number of aromatic nitrogens is 2. The number of anilines is 2. The Kier molecular flexibility index (Phi) is 4.86. The van der Waals surface area contributed by atoms with Gasteiger partial charge in [-0.1, -0.05) is 23.2 Å². The number of halogens is 2. The SMILES string of the molecule is CCn1cc(NC(=S)Nc2cc(Cl)cc(Cl)c2)c(C)n1. The van der Waals surface area contributed by atoms with E-state index in [9.17, 15) is 0 Å². The van der Waals surface area contributed by atoms with Gasteiger partial charge >= 0.3 is 0 Å². The minimum absolute atomic E-state index is 0.460. The fraction of sp³-hybridized carbons (Fsp3) is 0.231. The Bertz CT molecular complexity index is 619. The van der Waals surface area contributed by atoms with Crippen molar-refractivity contribution in [3.63, 3.8) is 0 Å². The van der Waals surface area contributed by atoms with E-state index >= 15 is 0 Å². The van der Waals surface area contributed by atoms with E-state index in [2.05, 4.69) is 15.7 Å². The van der Waals surface area contributed by atoms with Gasteiger partial charge in [-0.3, -0.25) is 4.68 Å². The molecule has 0 fully saturated rings. The molecule has 2 rings (SSSR count). The number of thiocarbonyl (C=S) groups is 1. The highest BCUT2D eigenvalue weighted by molar-refractivity contribution is 7.80. The summed E-state index contributed by atoms with van der Waals surface area (Å²) in [7, 11) is 0. The van der Waals surface area contributed by atoms with E-state index in [1.165, 1.54) is 0 Å². The maximum Gasteiger partial charge on any atom is 0.175 e. The topological polar surface area (TPSA) is 41.9 Å². The summed E-state index contributed by atoms with van der Waals surface area (Å²) < 4.78 is 1.84. The van der Waals surface area contributed by atoms with Gasteiger partial charge < -0.3 is 10.6 Å². The van der Waals surface area contributed by atoms with Crippen LogP contribution in [0.2, 0.25) is 10.0 Å². The lowest BCUT2D eigenvalue weighted by atomic mass is 10.3. The van der Waals surface area contributed by atoms with Gasteiger partial charge in [0.15, 0.2) is 5.11 Å². The van der Waals surface area contributed by atoms with Gasteiger partial charge in [-0.05, 0) is 44.3 Å². The van der Waals surface area contributed by atoms with Crippen LogP contribution in [0.5, 0.6) is 0 Å². The Morgan fingerprint density at radius 2 is 1.90 bits per heavy atom. The smallest absolute Gasteiger partial charge is 0.175 e. The molecule has 2 N–H and O–H groups in total. The largest absolute Gasteiger partial charge is 0.332 e. The molecule has 1 aromatic heterocycles. The van der Waals surface area contributed by atoms with E-state index < -0.39 is 0 Å². The fourth-order valence-corrected chi connectivity index (χ4v) is 2.47. The molecule has 4 nitrogen and oxygen atoms in total. The lowest BCUT2D eigenvalue weighted by Gasteiger charge is -2.10. The summed E-state index contributed by atoms with van der Waals surface area (Å²) in [6.45, 7) is 4.76. The first-order chi connectivity index (χ1) is 9.47. The molecule has 7 heteroatoms. The molecular weight excluding hydrogens is 315 g/mol. The molecule has 0 unspecified atom stereocenters. The molecule has 0 radical (unpaired) electrons. The number of hydrogen-bond donors (Lipinski definition) is 2. The Morgan fingerprint density at radius 3 is 2.45 bits per heavy atom. The monoisotopic (exact) mass is 328 g/mol. The zero-order valence-corrected chi connectivity index (χ0v) is 13.4. The van der Waals surface area contributed by atoms with Gasteiger partial charge in [0.1, 0.15) is 0 Å². The van der Waals surface area contributed by atoms with E-state index in [1.807, 2.05) is 24.7 Å². The van der Waals surface area contributed by atoms with Crippen LogP contribution in [-0.2, 0) is 6.54 Å². The van der Waals surface area contributed by atoms with Crippen LogP contribution in [-0.4, -0.2) is 14.9 Å². The third kappa shape index (κ3) is 3.85. The van der Waals surface area contributed by atoms with E-state index in [0.717, 1.165) is 23.6 Å². The summed E-state index contributed by atoms with van der Waals surface area (Å²) in [4.78, 5) is 0. The molecule has 0 spiro atoms. The van der Waals surface area contributed by atoms with Gasteiger partial charge in [0.05, 0.1) is 11.4 Å². The van der Waals surface area contributed by atoms with Crippen LogP contribution in [0.3, 0.4) is 0 Å². The summed E-state index contributed by atoms with van der Waals surface area (Å²) in [5.74, 6) is 0. The molecule has 0 bridgehead atoms. The normalized spacial score (nSPS) is 10.4. The van der Waals surface area contributed by atoms with Crippen LogP contribution in [0.4, 0.5) is 11.4 Å². The van der Waals surface area contributed by atoms with Crippen LogP contribution in [0.1, 0.15) is 12.6 Å². The lowest BCUT2D eigenvalue weighted by molar-refractivity contribution is 0.653. The van der Waals surface area contributed by atoms with E-state index in [-0.39, 0.29) is 0 Å². The first-order valence-electron chi connectivity index (χ1n) is 6.06. The van der Waals surface area contributed by atoms with Crippen molar-refractivity contribution >= 4 is 51.9 Å². The second-order valence-electron chi connectivity index (χ2n) is 4.22. The lowest BCUT2D eigenvalue weighted by Crippen LogP contribution is -2.19. The molecule has 0 aliphatic heterocycles. The molecule has 1 heterocycles. The second-order valence-corrected chi connectivity index (χ2v) is 5.50. The third-order valence-corrected chi connectivity index (χ3v) is 3.28. The first kappa shape index (κ1) is 15.1. The van der Waals surface area contributed by atoms with Crippen molar-refractivity contribution < 1.29 is 0 Å². The maximum absolute atomic E-state index is 5.94. The Hall–Kier alpha value is -1.30. The average molecular weight is 329 g/mol. The van der Waals surface area contributed by atoms with Crippen LogP contribution < -0.4 is 10.6 Å². The van der Waals surface area contributed by atoms with Crippen molar-refractivity contribution in [3.05, 3.63) is 40.1 Å². The second kappa shape index (κ2) is 6.43. The van der Waals surface area contributed by atoms with Gasteiger partial charge in [0.25, 0.3) is 0 Å². The highest BCUT2D eigenvalue weighted by Crippen LogP contribution is 2.22. The van der Waals surface area contributed by atoms with Crippen LogP contribution in [0.25, 0.3) is 0 Å². The standard InChI is InChI=1S/C13H14Cl2N4S/c1-3-19-7-12(8(2)18-19)17-13(20)16-11-5-9(14)4-10(15)6-11/h4-7H,3H2,1-2H3,(H2,16,17,20). The maximum atomic E-state index is 5.94. The highest BCUT2D eigenvalue weighted by Gasteiger charge is 2.06. The minimum Gasteiger partial charge on any atom is -0.332 e. The van der Waals surface area contributed by atoms with Crippen LogP contribution in [0, 0.1) is 6.92 Å². The van der Waals surface area contributed by atoms with Crippen molar-refractivity contribution in [1.82, 2.24) is 9.78 Å². The van der Waals surface area contributed by atoms with Crippen molar-refractivity contribution in [2.75, 3.05) is 10.6 Å². The van der Waals surface area contributed by atoms with Gasteiger partial charge in [0, 0.05) is 28.5 Å². The van der Waals surface area contributed by atoms with Crippen molar-refractivity contribution in [1.29, 1.82) is 0 Å². The number of nitrogens with one attached hydrogen (secondary N) is 2. The molecule has 0 aliphatic carbocycles. The Morgan fingerprint density at radius 1 is 1.25 bits per heavy atom. The molecule has 0 saturated carbocycles. The highest BCUT2D eigenvalue weighted by atomic mass is 35.5. The summed E-state index contributed by atoms with van der Waals surface area (Å²) in [6, 6.07) is 5.17. The zero-order valence-electron chi connectivity index (χ0n) is 11.1. The number of nitrogens with zero attached hydrogens (tertiary/aromatic N) is 2. The van der Waals surface area contributed by atoms with Gasteiger partial charge in [-0.25, -0.2) is 0 Å². The molecule has 0 saturated heterocycles. The quantitative estimate of drug-likeness (QED) is 0.823. The summed E-state index contributed by atoms with van der Waals surface area (Å²) in [5, 5.41) is 12.1. The van der Waals surface area contributed by atoms with Gasteiger partial charge in [0.2, 0.25) is 0 Å². The van der Waals surface area contributed by atoms with Crippen molar-refractivity contribution in [2.45, 2.75) is 20.4 Å². The molecule has 20 heavy (non-hydrogen) atoms. The van der Waals surface area contributed by atoms with E-state index in [4.69, 9.17) is 35.4 Å². The van der Waals surface area contributed by atoms with Gasteiger partial charge in [-0.2, -0.15) is 5.10 Å². The first-order valence-corrected chi connectivity index (χ1v) is 7.22. The molecule has 0 atom stereocenters. The van der Waals surface area contributed by atoms with Gasteiger partial charge in [-0.15, -0.1) is 0 Å². The molecule has 2 aromatic rings. The number of benzene rings is 1. The number of aryl methyl sites for hydroxylation is 2. The fourth-order valence-electron chi connectivity index (χ4n) is 1.71. The number of rotatable bonds is 3. The zero-order chi connectivity index (χ0) is 14.7. The average Bonchev–Trinajstić information content (AvgIpc) is 2.68. The summed E-state index contributed by atoms with van der Waals surface area (Å²) >= 11 is 17.1. The predicted molar refractivity (Wildman–Crippen MR) is 88.9 cm³/mol. The molecule has 1 aromatic carbocycles. The van der Waals surface area contributed by atoms with Crippen LogP contribution >= 0.6 is 35.4 Å². The molecule has 0 amide bonds. The summed E-state index contributed by atoms with van der Waals surface area (Å²) in [6.07, 6.45) is 1.91. The van der Waals surface area contributed by atoms with E-state index in [1.54, 1.807) is 18.2 Å². The minimum atomic E-state index is 0.460. The summed E-state index contributed by atoms with van der Waals surface area (Å²) in [5.41, 5.74) is 2.50. The van der Waals surface area contributed by atoms with E-state index in [0.29, 0.717) is 15.2 Å². The van der Waals surface area contributed by atoms with Crippen molar-refractivity contribution in [2.24, 2.45) is 0 Å². The Labute approximate surface area is 133 Å². The van der Waals surface area contributed by atoms with Crippen LogP contribution in [0.15, 0.2) is 24.4 Å². The molecule has 106 valence electrons. The molecular formula is C13H14Cl2N4S.